The zero-order valence-electron chi connectivity index (χ0n) is 16.8. The van der Waals surface area contributed by atoms with Crippen LogP contribution in [0.1, 0.15) is 24.2 Å². The third-order valence-corrected chi connectivity index (χ3v) is 6.97. The molecular weight excluding hydrogens is 406 g/mol. The summed E-state index contributed by atoms with van der Waals surface area (Å²) < 4.78 is 24.8. The van der Waals surface area contributed by atoms with E-state index >= 15 is 0 Å². The number of anilines is 1. The van der Waals surface area contributed by atoms with Crippen LogP contribution in [0.2, 0.25) is 0 Å². The van der Waals surface area contributed by atoms with Crippen LogP contribution in [0.4, 0.5) is 5.13 Å². The number of hydrogen-bond donors (Lipinski definition) is 0. The van der Waals surface area contributed by atoms with Crippen LogP contribution in [-0.2, 0) is 9.84 Å². The smallest absolute Gasteiger partial charge is 0.260 e. The summed E-state index contributed by atoms with van der Waals surface area (Å²) in [5.41, 5.74) is 1.18. The molecule has 0 saturated carbocycles. The van der Waals surface area contributed by atoms with Crippen LogP contribution in [0.5, 0.6) is 0 Å². The number of amides is 1. The number of carbonyl (C=O) groups is 1. The first-order valence-electron chi connectivity index (χ1n) is 9.53. The Morgan fingerprint density at radius 1 is 1.03 bits per heavy atom. The second kappa shape index (κ2) is 9.02. The minimum atomic E-state index is -3.40. The van der Waals surface area contributed by atoms with Crippen molar-refractivity contribution in [1.82, 2.24) is 9.88 Å². The van der Waals surface area contributed by atoms with Gasteiger partial charge in [-0.3, -0.25) is 9.69 Å². The van der Waals surface area contributed by atoms with Crippen molar-refractivity contribution in [3.05, 3.63) is 54.1 Å². The monoisotopic (exact) mass is 431 g/mol. The summed E-state index contributed by atoms with van der Waals surface area (Å²) in [6.45, 7) is 7.14. The van der Waals surface area contributed by atoms with Gasteiger partial charge in [-0.1, -0.05) is 43.4 Å². The van der Waals surface area contributed by atoms with E-state index in [-0.39, 0.29) is 10.8 Å². The Labute approximate surface area is 175 Å². The molecule has 0 saturated heterocycles. The number of carbonyl (C=O) groups excluding carboxylic acids is 1. The van der Waals surface area contributed by atoms with E-state index in [1.54, 1.807) is 17.0 Å². The summed E-state index contributed by atoms with van der Waals surface area (Å²) in [5.74, 6) is -0.248. The second-order valence-corrected chi connectivity index (χ2v) is 9.77. The lowest BCUT2D eigenvalue weighted by atomic mass is 10.2. The van der Waals surface area contributed by atoms with Crippen molar-refractivity contribution in [1.29, 1.82) is 0 Å². The van der Waals surface area contributed by atoms with Gasteiger partial charge < -0.3 is 4.90 Å². The summed E-state index contributed by atoms with van der Waals surface area (Å²) in [6.07, 6.45) is 1.14. The molecule has 154 valence electrons. The number of thiazole rings is 1. The highest BCUT2D eigenvalue weighted by atomic mass is 32.2. The fourth-order valence-corrected chi connectivity index (χ4v) is 4.71. The van der Waals surface area contributed by atoms with Crippen molar-refractivity contribution >= 4 is 42.4 Å². The van der Waals surface area contributed by atoms with Crippen molar-refractivity contribution in [2.45, 2.75) is 18.7 Å². The summed E-state index contributed by atoms with van der Waals surface area (Å²) in [7, 11) is -3.40. The molecule has 1 heterocycles. The van der Waals surface area contributed by atoms with Crippen molar-refractivity contribution < 1.29 is 13.2 Å². The van der Waals surface area contributed by atoms with Crippen LogP contribution in [0.25, 0.3) is 10.2 Å². The number of hydrogen-bond acceptors (Lipinski definition) is 6. The van der Waals surface area contributed by atoms with E-state index in [2.05, 4.69) is 23.7 Å². The molecule has 1 amide bonds. The van der Waals surface area contributed by atoms with Gasteiger partial charge in [-0.25, -0.2) is 13.4 Å². The van der Waals surface area contributed by atoms with Crippen molar-refractivity contribution in [3.63, 3.8) is 0 Å². The highest BCUT2D eigenvalue weighted by Gasteiger charge is 2.23. The quantitative estimate of drug-likeness (QED) is 0.544. The average molecular weight is 432 g/mol. The van der Waals surface area contributed by atoms with Crippen LogP contribution >= 0.6 is 11.3 Å². The molecule has 0 spiro atoms. The lowest BCUT2D eigenvalue weighted by molar-refractivity contribution is 0.0983. The maximum atomic E-state index is 13.4. The van der Waals surface area contributed by atoms with Gasteiger partial charge in [-0.15, -0.1) is 0 Å². The molecule has 0 radical (unpaired) electrons. The van der Waals surface area contributed by atoms with E-state index in [1.807, 2.05) is 24.3 Å². The molecule has 0 unspecified atom stereocenters. The number of nitrogens with zero attached hydrogens (tertiary/aromatic N) is 3. The molecule has 3 aromatic rings. The summed E-state index contributed by atoms with van der Waals surface area (Å²) >= 11 is 1.46. The molecule has 6 nitrogen and oxygen atoms in total. The lowest BCUT2D eigenvalue weighted by Crippen LogP contribution is -2.38. The SMILES string of the molecule is CCN(CC)CCN(C(=O)c1cccc(S(C)(=O)=O)c1)c1nc2ccccc2s1. The van der Waals surface area contributed by atoms with Crippen LogP contribution in [-0.4, -0.2) is 56.6 Å². The molecule has 8 heteroatoms. The van der Waals surface area contributed by atoms with Crippen LogP contribution in [0.15, 0.2) is 53.4 Å². The molecule has 3 rings (SSSR count). The Bertz CT molecular complexity index is 1070. The highest BCUT2D eigenvalue weighted by Crippen LogP contribution is 2.29. The molecule has 1 aromatic heterocycles. The fourth-order valence-electron chi connectivity index (χ4n) is 3.06. The van der Waals surface area contributed by atoms with E-state index in [9.17, 15) is 13.2 Å². The van der Waals surface area contributed by atoms with E-state index < -0.39 is 9.84 Å². The first kappa shape index (κ1) is 21.4. The fraction of sp³-hybridized carbons (Fsp3) is 0.333. The minimum Gasteiger partial charge on any atom is -0.302 e. The maximum Gasteiger partial charge on any atom is 0.260 e. The van der Waals surface area contributed by atoms with Crippen molar-refractivity contribution in [2.75, 3.05) is 37.3 Å². The van der Waals surface area contributed by atoms with Crippen LogP contribution in [0, 0.1) is 0 Å². The highest BCUT2D eigenvalue weighted by molar-refractivity contribution is 7.90. The zero-order valence-corrected chi connectivity index (χ0v) is 18.5. The predicted molar refractivity (Wildman–Crippen MR) is 119 cm³/mol. The molecule has 29 heavy (non-hydrogen) atoms. The van der Waals surface area contributed by atoms with Gasteiger partial charge in [0.05, 0.1) is 15.1 Å². The number of aromatic nitrogens is 1. The molecule has 0 aliphatic carbocycles. The Kier molecular flexibility index (Phi) is 6.66. The van der Waals surface area contributed by atoms with Gasteiger partial charge >= 0.3 is 0 Å². The standard InChI is InChI=1S/C21H25N3O3S2/c1-4-23(5-2)13-14-24(21-22-18-11-6-7-12-19(18)28-21)20(25)16-9-8-10-17(15-16)29(3,26)27/h6-12,15H,4-5,13-14H2,1-3H3. The molecule has 0 fully saturated rings. The Hall–Kier alpha value is -2.29. The number of para-hydroxylation sites is 1. The number of rotatable bonds is 8. The van der Waals surface area contributed by atoms with Gasteiger partial charge in [0.15, 0.2) is 15.0 Å². The van der Waals surface area contributed by atoms with Gasteiger partial charge in [0.1, 0.15) is 0 Å². The Balaban J connectivity index is 1.98. The van der Waals surface area contributed by atoms with Gasteiger partial charge in [0.25, 0.3) is 5.91 Å². The molecular formula is C21H25N3O3S2. The topological polar surface area (TPSA) is 70.6 Å². The third kappa shape index (κ3) is 5.01. The first-order valence-corrected chi connectivity index (χ1v) is 12.2. The third-order valence-electron chi connectivity index (χ3n) is 4.80. The van der Waals surface area contributed by atoms with E-state index in [0.717, 1.165) is 29.6 Å². The number of benzene rings is 2. The predicted octanol–water partition coefficient (Wildman–Crippen LogP) is 3.69. The van der Waals surface area contributed by atoms with Gasteiger partial charge in [0.2, 0.25) is 0 Å². The Morgan fingerprint density at radius 2 is 1.76 bits per heavy atom. The summed E-state index contributed by atoms with van der Waals surface area (Å²) in [6, 6.07) is 14.0. The second-order valence-electron chi connectivity index (χ2n) is 6.75. The largest absolute Gasteiger partial charge is 0.302 e. The van der Waals surface area contributed by atoms with Gasteiger partial charge in [0, 0.05) is 24.9 Å². The van der Waals surface area contributed by atoms with Crippen LogP contribution in [0.3, 0.4) is 0 Å². The van der Waals surface area contributed by atoms with Crippen molar-refractivity contribution in [3.8, 4) is 0 Å². The van der Waals surface area contributed by atoms with Crippen molar-refractivity contribution in [2.24, 2.45) is 0 Å². The van der Waals surface area contributed by atoms with Crippen LogP contribution < -0.4 is 4.90 Å². The molecule has 2 aromatic carbocycles. The lowest BCUT2D eigenvalue weighted by Gasteiger charge is -2.24. The minimum absolute atomic E-state index is 0.136. The average Bonchev–Trinajstić information content (AvgIpc) is 3.14. The first-order chi connectivity index (χ1) is 13.8. The van der Waals surface area contributed by atoms with Gasteiger partial charge in [-0.05, 0) is 43.4 Å². The molecule has 0 atom stereocenters. The molecule has 0 aliphatic heterocycles. The zero-order chi connectivity index (χ0) is 21.0. The van der Waals surface area contributed by atoms with E-state index in [4.69, 9.17) is 0 Å². The number of likely N-dealkylation sites (N-methyl/N-ethyl adjacent to an activating group) is 1. The van der Waals surface area contributed by atoms with E-state index in [0.29, 0.717) is 23.8 Å². The van der Waals surface area contributed by atoms with Gasteiger partial charge in [-0.2, -0.15) is 0 Å². The summed E-state index contributed by atoms with van der Waals surface area (Å²) in [4.78, 5) is 22.0. The molecule has 0 bridgehead atoms. The normalized spacial score (nSPS) is 11.9. The summed E-state index contributed by atoms with van der Waals surface area (Å²) in [5, 5.41) is 0.619. The molecule has 0 aliphatic rings. The number of sulfone groups is 1. The number of fused-ring (bicyclic) bond motifs is 1. The maximum absolute atomic E-state index is 13.4. The molecule has 0 N–H and O–H groups in total. The van der Waals surface area contributed by atoms with E-state index in [1.165, 1.54) is 23.5 Å². The Morgan fingerprint density at radius 3 is 2.41 bits per heavy atom.